The van der Waals surface area contributed by atoms with Crippen molar-refractivity contribution >= 4 is 5.97 Å². The van der Waals surface area contributed by atoms with Crippen LogP contribution in [0.3, 0.4) is 0 Å². The Morgan fingerprint density at radius 3 is 2.64 bits per heavy atom. The quantitative estimate of drug-likeness (QED) is 0.671. The van der Waals surface area contributed by atoms with E-state index in [0.717, 1.165) is 0 Å². The molecule has 1 aromatic rings. The van der Waals surface area contributed by atoms with Crippen LogP contribution >= 0.6 is 0 Å². The van der Waals surface area contributed by atoms with Crippen molar-refractivity contribution in [2.75, 3.05) is 6.54 Å². The van der Waals surface area contributed by atoms with Crippen molar-refractivity contribution in [3.8, 4) is 0 Å². The summed E-state index contributed by atoms with van der Waals surface area (Å²) >= 11 is 0. The number of hydrogen-bond acceptors (Lipinski definition) is 2. The minimum atomic E-state index is -1.18. The van der Waals surface area contributed by atoms with Gasteiger partial charge in [0.25, 0.3) is 0 Å². The number of quaternary nitrogens is 1. The van der Waals surface area contributed by atoms with Gasteiger partial charge in [0.05, 0.1) is 18.4 Å². The van der Waals surface area contributed by atoms with Crippen LogP contribution in [0.5, 0.6) is 0 Å². The molecule has 1 rings (SSSR count). The molecule has 0 aliphatic heterocycles. The first kappa shape index (κ1) is 10.7. The molecule has 1 atom stereocenters. The van der Waals surface area contributed by atoms with Crippen molar-refractivity contribution in [1.29, 1.82) is 0 Å². The third-order valence-corrected chi connectivity index (χ3v) is 2.11. The molecule has 0 aliphatic carbocycles. The van der Waals surface area contributed by atoms with E-state index in [1.165, 1.54) is 6.07 Å². The zero-order valence-corrected chi connectivity index (χ0v) is 7.70. The van der Waals surface area contributed by atoms with Crippen molar-refractivity contribution in [3.63, 3.8) is 0 Å². The standard InChI is InChI=1S/C10H12FNO2/c11-9-4-2-1-3-7(9)5-8(6-12)10(13)14/h1-4,8H,5-6,12H2,(H,13,14)/t8-/m0/s1. The molecule has 0 amide bonds. The van der Waals surface area contributed by atoms with Crippen LogP contribution in [-0.2, 0) is 11.2 Å². The minimum Gasteiger partial charge on any atom is -0.550 e. The number of hydrogen-bond donors (Lipinski definition) is 1. The van der Waals surface area contributed by atoms with E-state index in [-0.39, 0.29) is 18.8 Å². The van der Waals surface area contributed by atoms with Crippen LogP contribution in [0.4, 0.5) is 4.39 Å². The van der Waals surface area contributed by atoms with Gasteiger partial charge in [-0.1, -0.05) is 18.2 Å². The van der Waals surface area contributed by atoms with E-state index in [2.05, 4.69) is 5.73 Å². The molecule has 1 aromatic carbocycles. The molecule has 0 saturated heterocycles. The summed E-state index contributed by atoms with van der Waals surface area (Å²) < 4.78 is 13.1. The summed E-state index contributed by atoms with van der Waals surface area (Å²) in [5.41, 5.74) is 3.88. The molecule has 0 spiro atoms. The molecule has 76 valence electrons. The summed E-state index contributed by atoms with van der Waals surface area (Å²) in [6.07, 6.45) is 0.137. The van der Waals surface area contributed by atoms with Gasteiger partial charge in [0.15, 0.2) is 0 Å². The first-order chi connectivity index (χ1) is 6.65. The van der Waals surface area contributed by atoms with E-state index in [1.54, 1.807) is 18.2 Å². The Hall–Kier alpha value is -1.42. The van der Waals surface area contributed by atoms with Crippen LogP contribution in [-0.4, -0.2) is 12.5 Å². The summed E-state index contributed by atoms with van der Waals surface area (Å²) in [5.74, 6) is -2.28. The number of benzene rings is 1. The predicted molar refractivity (Wildman–Crippen MR) is 46.4 cm³/mol. The fourth-order valence-corrected chi connectivity index (χ4v) is 1.23. The molecule has 3 N–H and O–H groups in total. The highest BCUT2D eigenvalue weighted by molar-refractivity contribution is 5.68. The number of carbonyl (C=O) groups excluding carboxylic acids is 1. The first-order valence-electron chi connectivity index (χ1n) is 4.38. The zero-order valence-electron chi connectivity index (χ0n) is 7.70. The van der Waals surface area contributed by atoms with Gasteiger partial charge in [-0.15, -0.1) is 0 Å². The van der Waals surface area contributed by atoms with E-state index in [1.807, 2.05) is 0 Å². The number of carbonyl (C=O) groups is 1. The largest absolute Gasteiger partial charge is 0.550 e. The molecule has 0 aliphatic rings. The van der Waals surface area contributed by atoms with Crippen LogP contribution in [0, 0.1) is 11.7 Å². The van der Waals surface area contributed by atoms with Gasteiger partial charge < -0.3 is 15.6 Å². The molecule has 0 heterocycles. The Kier molecular flexibility index (Phi) is 3.59. The highest BCUT2D eigenvalue weighted by atomic mass is 19.1. The second kappa shape index (κ2) is 4.72. The average molecular weight is 197 g/mol. The lowest BCUT2D eigenvalue weighted by Crippen LogP contribution is -2.57. The van der Waals surface area contributed by atoms with Crippen LogP contribution in [0.25, 0.3) is 0 Å². The van der Waals surface area contributed by atoms with Crippen LogP contribution in [0.15, 0.2) is 24.3 Å². The molecule has 0 bridgehead atoms. The number of carboxylic acid groups (broad SMARTS) is 1. The Balaban J connectivity index is 2.77. The minimum absolute atomic E-state index is 0.137. The molecular weight excluding hydrogens is 185 g/mol. The fourth-order valence-electron chi connectivity index (χ4n) is 1.23. The Labute approximate surface area is 81.4 Å². The second-order valence-electron chi connectivity index (χ2n) is 3.10. The van der Waals surface area contributed by atoms with Crippen molar-refractivity contribution in [2.24, 2.45) is 5.92 Å². The molecule has 0 radical (unpaired) electrons. The second-order valence-corrected chi connectivity index (χ2v) is 3.10. The third-order valence-electron chi connectivity index (χ3n) is 2.11. The van der Waals surface area contributed by atoms with Crippen LogP contribution in [0.1, 0.15) is 5.56 Å². The van der Waals surface area contributed by atoms with Crippen molar-refractivity contribution < 1.29 is 20.0 Å². The van der Waals surface area contributed by atoms with Gasteiger partial charge >= 0.3 is 0 Å². The lowest BCUT2D eigenvalue weighted by molar-refractivity contribution is -0.387. The van der Waals surface area contributed by atoms with E-state index in [9.17, 15) is 14.3 Å². The highest BCUT2D eigenvalue weighted by Gasteiger charge is 2.12. The molecule has 14 heavy (non-hydrogen) atoms. The topological polar surface area (TPSA) is 67.8 Å². The number of halogens is 1. The van der Waals surface area contributed by atoms with E-state index in [0.29, 0.717) is 5.56 Å². The first-order valence-corrected chi connectivity index (χ1v) is 4.38. The maximum absolute atomic E-state index is 13.1. The monoisotopic (exact) mass is 197 g/mol. The molecule has 0 aromatic heterocycles. The van der Waals surface area contributed by atoms with E-state index < -0.39 is 11.9 Å². The third kappa shape index (κ3) is 2.53. The normalized spacial score (nSPS) is 12.4. The molecule has 0 unspecified atom stereocenters. The van der Waals surface area contributed by atoms with E-state index >= 15 is 0 Å². The summed E-state index contributed by atoms with van der Waals surface area (Å²) in [6.45, 7) is 0.205. The highest BCUT2D eigenvalue weighted by Crippen LogP contribution is 2.11. The lowest BCUT2D eigenvalue weighted by atomic mass is 9.99. The van der Waals surface area contributed by atoms with Crippen molar-refractivity contribution in [2.45, 2.75) is 6.42 Å². The maximum atomic E-state index is 13.1. The molecular formula is C10H12FNO2. The van der Waals surface area contributed by atoms with Gasteiger partial charge in [0.1, 0.15) is 5.82 Å². The molecule has 0 saturated carbocycles. The Morgan fingerprint density at radius 2 is 2.14 bits per heavy atom. The smallest absolute Gasteiger partial charge is 0.126 e. The van der Waals surface area contributed by atoms with E-state index in [4.69, 9.17) is 0 Å². The summed E-state index contributed by atoms with van der Waals surface area (Å²) in [4.78, 5) is 10.6. The maximum Gasteiger partial charge on any atom is 0.126 e. The Morgan fingerprint density at radius 1 is 1.50 bits per heavy atom. The van der Waals surface area contributed by atoms with Gasteiger partial charge in [0.2, 0.25) is 0 Å². The van der Waals surface area contributed by atoms with Crippen LogP contribution < -0.4 is 10.8 Å². The van der Waals surface area contributed by atoms with Gasteiger partial charge in [-0.3, -0.25) is 0 Å². The summed E-state index contributed by atoms with van der Waals surface area (Å²) in [6, 6.07) is 6.12. The molecule has 0 fully saturated rings. The summed E-state index contributed by atoms with van der Waals surface area (Å²) in [5, 5.41) is 10.6. The fraction of sp³-hybridized carbons (Fsp3) is 0.300. The van der Waals surface area contributed by atoms with Crippen molar-refractivity contribution in [3.05, 3.63) is 35.6 Å². The SMILES string of the molecule is [NH3+]C[C@H](Cc1ccccc1F)C(=O)[O-]. The number of aliphatic carboxylic acids is 1. The lowest BCUT2D eigenvalue weighted by Gasteiger charge is -2.13. The molecule has 3 nitrogen and oxygen atoms in total. The van der Waals surface area contributed by atoms with Gasteiger partial charge in [-0.05, 0) is 18.1 Å². The van der Waals surface area contributed by atoms with Gasteiger partial charge in [0, 0.05) is 0 Å². The molecule has 4 heteroatoms. The summed E-state index contributed by atoms with van der Waals surface area (Å²) in [7, 11) is 0. The van der Waals surface area contributed by atoms with Crippen molar-refractivity contribution in [1.82, 2.24) is 0 Å². The number of rotatable bonds is 4. The average Bonchev–Trinajstić information content (AvgIpc) is 2.16. The predicted octanol–water partition coefficient (Wildman–Crippen LogP) is -1.02. The Bertz CT molecular complexity index is 328. The zero-order chi connectivity index (χ0) is 10.6. The van der Waals surface area contributed by atoms with Crippen LogP contribution in [0.2, 0.25) is 0 Å². The van der Waals surface area contributed by atoms with Gasteiger partial charge in [-0.2, -0.15) is 0 Å². The van der Waals surface area contributed by atoms with Gasteiger partial charge in [-0.25, -0.2) is 4.39 Å². The number of carboxylic acids is 1.